The van der Waals surface area contributed by atoms with Gasteiger partial charge in [0.1, 0.15) is 0 Å². The number of rotatable bonds is 2. The van der Waals surface area contributed by atoms with E-state index in [2.05, 4.69) is 23.7 Å². The van der Waals surface area contributed by atoms with E-state index in [-0.39, 0.29) is 0 Å². The van der Waals surface area contributed by atoms with Crippen LogP contribution in [0.3, 0.4) is 0 Å². The van der Waals surface area contributed by atoms with E-state index in [0.29, 0.717) is 6.04 Å². The molecule has 0 amide bonds. The van der Waals surface area contributed by atoms with Gasteiger partial charge < -0.3 is 5.11 Å². The van der Waals surface area contributed by atoms with Gasteiger partial charge in [-0.1, -0.05) is 0 Å². The summed E-state index contributed by atoms with van der Waals surface area (Å²) in [5.74, 6) is 0. The third-order valence-corrected chi connectivity index (χ3v) is 5.42. The summed E-state index contributed by atoms with van der Waals surface area (Å²) in [5, 5.41) is 11.9. The van der Waals surface area contributed by atoms with Crippen molar-refractivity contribution in [2.24, 2.45) is 0 Å². The van der Waals surface area contributed by atoms with Crippen molar-refractivity contribution in [3.05, 3.63) is 15.6 Å². The lowest BCUT2D eigenvalue weighted by molar-refractivity contribution is 0.0140. The Balaban J connectivity index is 1.80. The predicted octanol–water partition coefficient (Wildman–Crippen LogP) is 1.90. The molecule has 2 unspecified atom stereocenters. The van der Waals surface area contributed by atoms with Crippen molar-refractivity contribution in [3.8, 4) is 0 Å². The van der Waals surface area contributed by atoms with Gasteiger partial charge in [-0.3, -0.25) is 4.90 Å². The quantitative estimate of drug-likeness (QED) is 0.873. The topological polar surface area (TPSA) is 36.4 Å². The van der Waals surface area contributed by atoms with Crippen molar-refractivity contribution >= 4 is 11.3 Å². The minimum absolute atomic E-state index is 0.381. The van der Waals surface area contributed by atoms with Gasteiger partial charge in [0, 0.05) is 23.9 Å². The lowest BCUT2D eigenvalue weighted by Gasteiger charge is -2.29. The number of nitrogens with zero attached hydrogens (tertiary/aromatic N) is 2. The monoisotopic (exact) mass is 252 g/mol. The molecule has 1 aromatic rings. The molecule has 2 aliphatic heterocycles. The van der Waals surface area contributed by atoms with E-state index in [4.69, 9.17) is 0 Å². The summed E-state index contributed by atoms with van der Waals surface area (Å²) in [5.41, 5.74) is 0.600. The zero-order valence-corrected chi connectivity index (χ0v) is 11.4. The fraction of sp³-hybridized carbons (Fsp3) is 0.769. The highest BCUT2D eigenvalue weighted by Gasteiger charge is 2.48. The van der Waals surface area contributed by atoms with Crippen molar-refractivity contribution in [2.45, 2.75) is 51.2 Å². The highest BCUT2D eigenvalue weighted by Crippen LogP contribution is 2.38. The van der Waals surface area contributed by atoms with Crippen molar-refractivity contribution < 1.29 is 5.11 Å². The molecule has 3 heterocycles. The first-order valence-electron chi connectivity index (χ1n) is 6.48. The standard InChI is InChI=1S/C13H20N2OS/c1-9-10(2)17-12(14-9)8-13(16)5-7-15-6-3-4-11(13)15/h11,16H,3-8H2,1-2H3. The lowest BCUT2D eigenvalue weighted by atomic mass is 9.89. The highest BCUT2D eigenvalue weighted by atomic mass is 32.1. The maximum absolute atomic E-state index is 10.8. The van der Waals surface area contributed by atoms with Crippen LogP contribution in [-0.4, -0.2) is 39.7 Å². The molecule has 3 rings (SSSR count). The third kappa shape index (κ3) is 1.92. The summed E-state index contributed by atoms with van der Waals surface area (Å²) in [7, 11) is 0. The van der Waals surface area contributed by atoms with Gasteiger partial charge in [0.05, 0.1) is 16.3 Å². The molecule has 94 valence electrons. The number of fused-ring (bicyclic) bond motifs is 1. The van der Waals surface area contributed by atoms with E-state index in [1.807, 2.05) is 0 Å². The summed E-state index contributed by atoms with van der Waals surface area (Å²) in [6.45, 7) is 6.39. The molecule has 2 atom stereocenters. The van der Waals surface area contributed by atoms with Crippen molar-refractivity contribution in [1.82, 2.24) is 9.88 Å². The van der Waals surface area contributed by atoms with Crippen molar-refractivity contribution in [1.29, 1.82) is 0 Å². The average molecular weight is 252 g/mol. The van der Waals surface area contributed by atoms with E-state index in [1.165, 1.54) is 17.8 Å². The third-order valence-electron chi connectivity index (χ3n) is 4.35. The molecule has 0 saturated carbocycles. The molecule has 0 aliphatic carbocycles. The average Bonchev–Trinajstić information content (AvgIpc) is 2.90. The second kappa shape index (κ2) is 4.04. The van der Waals surface area contributed by atoms with Gasteiger partial charge in [0.2, 0.25) is 0 Å². The minimum atomic E-state index is -0.521. The Morgan fingerprint density at radius 3 is 3.00 bits per heavy atom. The summed E-state index contributed by atoms with van der Waals surface area (Å²) >= 11 is 1.74. The van der Waals surface area contributed by atoms with Crippen LogP contribution in [0.4, 0.5) is 0 Å². The first-order valence-corrected chi connectivity index (χ1v) is 7.29. The van der Waals surface area contributed by atoms with E-state index in [9.17, 15) is 5.11 Å². The van der Waals surface area contributed by atoms with Crippen LogP contribution in [0.5, 0.6) is 0 Å². The first kappa shape index (κ1) is 11.6. The minimum Gasteiger partial charge on any atom is -0.388 e. The van der Waals surface area contributed by atoms with Crippen LogP contribution < -0.4 is 0 Å². The second-order valence-corrected chi connectivity index (χ2v) is 6.76. The lowest BCUT2D eigenvalue weighted by Crippen LogP contribution is -2.42. The fourth-order valence-electron chi connectivity index (χ4n) is 3.29. The molecule has 17 heavy (non-hydrogen) atoms. The number of aromatic nitrogens is 1. The molecule has 0 spiro atoms. The highest BCUT2D eigenvalue weighted by molar-refractivity contribution is 7.11. The van der Waals surface area contributed by atoms with Gasteiger partial charge in [0.25, 0.3) is 0 Å². The van der Waals surface area contributed by atoms with Gasteiger partial charge >= 0.3 is 0 Å². The smallest absolute Gasteiger partial charge is 0.0960 e. The van der Waals surface area contributed by atoms with Crippen LogP contribution in [0, 0.1) is 13.8 Å². The van der Waals surface area contributed by atoms with Crippen LogP contribution in [0.2, 0.25) is 0 Å². The molecule has 4 heteroatoms. The largest absolute Gasteiger partial charge is 0.388 e. The van der Waals surface area contributed by atoms with Crippen LogP contribution >= 0.6 is 11.3 Å². The zero-order chi connectivity index (χ0) is 12.0. The van der Waals surface area contributed by atoms with E-state index >= 15 is 0 Å². The van der Waals surface area contributed by atoms with Gasteiger partial charge in [-0.15, -0.1) is 11.3 Å². The molecule has 3 nitrogen and oxygen atoms in total. The Labute approximate surface area is 106 Å². The van der Waals surface area contributed by atoms with E-state index in [1.54, 1.807) is 11.3 Å². The van der Waals surface area contributed by atoms with Crippen molar-refractivity contribution in [2.75, 3.05) is 13.1 Å². The van der Waals surface area contributed by atoms with Gasteiger partial charge in [-0.2, -0.15) is 0 Å². The molecule has 2 aliphatic rings. The summed E-state index contributed by atoms with van der Waals surface area (Å²) < 4.78 is 0. The zero-order valence-electron chi connectivity index (χ0n) is 10.6. The van der Waals surface area contributed by atoms with Crippen molar-refractivity contribution in [3.63, 3.8) is 0 Å². The Hall–Kier alpha value is -0.450. The summed E-state index contributed by atoms with van der Waals surface area (Å²) in [4.78, 5) is 8.31. The molecule has 0 aromatic carbocycles. The van der Waals surface area contributed by atoms with Crippen LogP contribution in [0.25, 0.3) is 0 Å². The number of thiazole rings is 1. The maximum Gasteiger partial charge on any atom is 0.0960 e. The number of aliphatic hydroxyl groups is 1. The second-order valence-electron chi connectivity index (χ2n) is 5.47. The molecular weight excluding hydrogens is 232 g/mol. The SMILES string of the molecule is Cc1nc(CC2(O)CCN3CCCC32)sc1C. The predicted molar refractivity (Wildman–Crippen MR) is 69.5 cm³/mol. The Morgan fingerprint density at radius 2 is 2.29 bits per heavy atom. The molecule has 1 aromatic heterocycles. The molecule has 1 N–H and O–H groups in total. The van der Waals surface area contributed by atoms with Gasteiger partial charge in [-0.05, 0) is 39.7 Å². The van der Waals surface area contributed by atoms with Gasteiger partial charge in [-0.25, -0.2) is 4.98 Å². The number of hydrogen-bond acceptors (Lipinski definition) is 4. The van der Waals surface area contributed by atoms with Gasteiger partial charge in [0.15, 0.2) is 0 Å². The Bertz CT molecular complexity index is 412. The number of hydrogen-bond donors (Lipinski definition) is 1. The Morgan fingerprint density at radius 1 is 1.47 bits per heavy atom. The summed E-state index contributed by atoms with van der Waals surface area (Å²) in [6.07, 6.45) is 4.05. The molecule has 2 saturated heterocycles. The molecular formula is C13H20N2OS. The molecule has 0 bridgehead atoms. The Kier molecular flexibility index (Phi) is 2.76. The first-order chi connectivity index (χ1) is 8.08. The normalized spacial score (nSPS) is 33.2. The van der Waals surface area contributed by atoms with Crippen LogP contribution in [0.1, 0.15) is 34.8 Å². The molecule has 0 radical (unpaired) electrons. The fourth-order valence-corrected chi connectivity index (χ4v) is 4.34. The van der Waals surface area contributed by atoms with Crippen LogP contribution in [0.15, 0.2) is 0 Å². The van der Waals surface area contributed by atoms with E-state index < -0.39 is 5.60 Å². The number of aryl methyl sites for hydroxylation is 2. The maximum atomic E-state index is 10.8. The van der Waals surface area contributed by atoms with E-state index in [0.717, 1.165) is 36.5 Å². The van der Waals surface area contributed by atoms with Crippen LogP contribution in [-0.2, 0) is 6.42 Å². The summed E-state index contributed by atoms with van der Waals surface area (Å²) in [6, 6.07) is 0.381. The molecule has 2 fully saturated rings.